The lowest BCUT2D eigenvalue weighted by Crippen LogP contribution is -2.53. The number of ether oxygens (including phenoxy) is 2. The van der Waals surface area contributed by atoms with Gasteiger partial charge in [-0.3, -0.25) is 4.79 Å². The molecule has 0 aliphatic carbocycles. The Hall–Kier alpha value is -2.35. The first-order valence-corrected chi connectivity index (χ1v) is 14.4. The number of amides is 2. The Morgan fingerprint density at radius 1 is 1.00 bits per heavy atom. The minimum Gasteiger partial charge on any atom is -0.467 e. The second kappa shape index (κ2) is 12.0. The highest BCUT2D eigenvalue weighted by molar-refractivity contribution is 6.89. The Balaban J connectivity index is 3.01. The second-order valence-corrected chi connectivity index (χ2v) is 15.0. The van der Waals surface area contributed by atoms with E-state index in [9.17, 15) is 14.4 Å². The van der Waals surface area contributed by atoms with Crippen LogP contribution in [0.1, 0.15) is 47.5 Å². The quantitative estimate of drug-likeness (QED) is 0.408. The predicted octanol–water partition coefficient (Wildman–Crippen LogP) is 3.59. The van der Waals surface area contributed by atoms with Crippen molar-refractivity contribution in [2.24, 2.45) is 5.92 Å². The number of methoxy groups -OCH3 is 1. The molecule has 7 nitrogen and oxygen atoms in total. The van der Waals surface area contributed by atoms with E-state index in [4.69, 9.17) is 9.47 Å². The topological polar surface area (TPSA) is 93.7 Å². The van der Waals surface area contributed by atoms with E-state index in [1.54, 1.807) is 20.8 Å². The highest BCUT2D eigenvalue weighted by Crippen LogP contribution is 2.16. The molecule has 0 heterocycles. The Bertz CT molecular complexity index is 759. The van der Waals surface area contributed by atoms with E-state index < -0.39 is 43.7 Å². The van der Waals surface area contributed by atoms with Gasteiger partial charge in [-0.25, -0.2) is 9.59 Å². The summed E-state index contributed by atoms with van der Waals surface area (Å²) in [6, 6.07) is 9.42. The van der Waals surface area contributed by atoms with Gasteiger partial charge in [-0.1, -0.05) is 68.5 Å². The van der Waals surface area contributed by atoms with E-state index in [1.165, 1.54) is 12.3 Å². The maximum Gasteiger partial charge on any atom is 0.408 e. The highest BCUT2D eigenvalue weighted by Gasteiger charge is 2.32. The summed E-state index contributed by atoms with van der Waals surface area (Å²) in [5.41, 5.74) is -0.685. The average Bonchev–Trinajstić information content (AvgIpc) is 2.68. The molecule has 0 unspecified atom stereocenters. The molecular formula is C24H40N2O5Si. The number of nitrogens with one attached hydrogen (secondary N) is 2. The molecular weight excluding hydrogens is 424 g/mol. The molecule has 1 aromatic carbocycles. The van der Waals surface area contributed by atoms with E-state index in [1.807, 2.05) is 32.0 Å². The molecule has 32 heavy (non-hydrogen) atoms. The highest BCUT2D eigenvalue weighted by atomic mass is 28.3. The third-order valence-electron chi connectivity index (χ3n) is 5.13. The minimum absolute atomic E-state index is 0.182. The van der Waals surface area contributed by atoms with Crippen LogP contribution >= 0.6 is 0 Å². The number of rotatable bonds is 10. The zero-order valence-electron chi connectivity index (χ0n) is 20.8. The van der Waals surface area contributed by atoms with Crippen molar-refractivity contribution in [1.29, 1.82) is 0 Å². The number of esters is 1. The number of carbonyl (C=O) groups excluding carboxylic acids is 3. The van der Waals surface area contributed by atoms with Crippen LogP contribution in [0.2, 0.25) is 19.1 Å². The SMILES string of the molecule is COC(=O)[C@H](CC(C)C)NC(=O)[C@@H](CC[Si](C)(C)c1ccccc1)NC(=O)OC(C)(C)C. The first-order valence-electron chi connectivity index (χ1n) is 11.2. The summed E-state index contributed by atoms with van der Waals surface area (Å²) in [6.45, 7) is 13.7. The molecule has 1 rings (SSSR count). The van der Waals surface area contributed by atoms with Gasteiger partial charge in [-0.2, -0.15) is 0 Å². The van der Waals surface area contributed by atoms with Crippen molar-refractivity contribution in [3.05, 3.63) is 30.3 Å². The Labute approximate surface area is 193 Å². The lowest BCUT2D eigenvalue weighted by atomic mass is 10.0. The van der Waals surface area contributed by atoms with Gasteiger partial charge >= 0.3 is 12.1 Å². The summed E-state index contributed by atoms with van der Waals surface area (Å²) in [4.78, 5) is 37.7. The monoisotopic (exact) mass is 464 g/mol. The van der Waals surface area contributed by atoms with Crippen LogP contribution in [0.4, 0.5) is 4.79 Å². The molecule has 0 saturated heterocycles. The predicted molar refractivity (Wildman–Crippen MR) is 130 cm³/mol. The molecule has 0 aliphatic rings. The van der Waals surface area contributed by atoms with Gasteiger partial charge in [0.15, 0.2) is 0 Å². The first-order chi connectivity index (χ1) is 14.7. The third-order valence-corrected chi connectivity index (χ3v) is 8.56. The van der Waals surface area contributed by atoms with Crippen LogP contribution in [0.5, 0.6) is 0 Å². The molecule has 2 N–H and O–H groups in total. The molecule has 8 heteroatoms. The first kappa shape index (κ1) is 27.7. The standard InChI is InChI=1S/C24H40N2O5Si/c1-17(2)16-20(22(28)30-6)25-21(27)19(26-23(29)31-24(3,4)5)14-15-32(7,8)18-12-10-9-11-13-18/h9-13,17,19-20H,14-16H2,1-8H3,(H,25,27)(H,26,29)/t19-,20+/m1/s1. The van der Waals surface area contributed by atoms with E-state index in [0.29, 0.717) is 12.8 Å². The van der Waals surface area contributed by atoms with E-state index in [2.05, 4.69) is 35.9 Å². The fourth-order valence-corrected chi connectivity index (χ4v) is 5.75. The fourth-order valence-electron chi connectivity index (χ4n) is 3.36. The summed E-state index contributed by atoms with van der Waals surface area (Å²) < 4.78 is 10.2. The Morgan fingerprint density at radius 2 is 1.59 bits per heavy atom. The van der Waals surface area contributed by atoms with Gasteiger partial charge in [0.1, 0.15) is 17.7 Å². The maximum atomic E-state index is 13.1. The van der Waals surface area contributed by atoms with E-state index >= 15 is 0 Å². The molecule has 2 amide bonds. The number of hydrogen-bond donors (Lipinski definition) is 2. The average molecular weight is 465 g/mol. The Kier molecular flexibility index (Phi) is 10.4. The summed E-state index contributed by atoms with van der Waals surface area (Å²) in [6.07, 6.45) is 0.228. The van der Waals surface area contributed by atoms with Crippen molar-refractivity contribution >= 4 is 31.2 Å². The number of hydrogen-bond acceptors (Lipinski definition) is 5. The van der Waals surface area contributed by atoms with Gasteiger partial charge in [0, 0.05) is 0 Å². The van der Waals surface area contributed by atoms with Crippen LogP contribution in [-0.2, 0) is 19.1 Å². The zero-order chi connectivity index (χ0) is 24.5. The fraction of sp³-hybridized carbons (Fsp3) is 0.625. The van der Waals surface area contributed by atoms with Gasteiger partial charge < -0.3 is 20.1 Å². The normalized spacial score (nSPS) is 13.8. The van der Waals surface area contributed by atoms with E-state index in [0.717, 1.165) is 6.04 Å². The van der Waals surface area contributed by atoms with Crippen LogP contribution in [-0.4, -0.2) is 50.8 Å². The lowest BCUT2D eigenvalue weighted by molar-refractivity contribution is -0.145. The molecule has 2 atom stereocenters. The summed E-state index contributed by atoms with van der Waals surface area (Å²) in [5.74, 6) is -0.729. The smallest absolute Gasteiger partial charge is 0.408 e. The number of benzene rings is 1. The van der Waals surface area contributed by atoms with Crippen molar-refractivity contribution in [3.8, 4) is 0 Å². The van der Waals surface area contributed by atoms with Crippen molar-refractivity contribution < 1.29 is 23.9 Å². The summed E-state index contributed by atoms with van der Waals surface area (Å²) in [5, 5.41) is 6.77. The lowest BCUT2D eigenvalue weighted by Gasteiger charge is -2.28. The molecule has 0 aliphatic heterocycles. The molecule has 0 fully saturated rings. The van der Waals surface area contributed by atoms with Crippen molar-refractivity contribution in [3.63, 3.8) is 0 Å². The van der Waals surface area contributed by atoms with Crippen LogP contribution in [0, 0.1) is 5.92 Å². The van der Waals surface area contributed by atoms with Gasteiger partial charge in [-0.15, -0.1) is 0 Å². The minimum atomic E-state index is -1.84. The largest absolute Gasteiger partial charge is 0.467 e. The van der Waals surface area contributed by atoms with Crippen LogP contribution in [0.3, 0.4) is 0 Å². The molecule has 1 aromatic rings. The maximum absolute atomic E-state index is 13.1. The van der Waals surface area contributed by atoms with Crippen LogP contribution < -0.4 is 15.8 Å². The van der Waals surface area contributed by atoms with Crippen LogP contribution in [0.25, 0.3) is 0 Å². The second-order valence-electron chi connectivity index (χ2n) is 10.2. The zero-order valence-corrected chi connectivity index (χ0v) is 21.8. The number of alkyl carbamates (subject to hydrolysis) is 1. The van der Waals surface area contributed by atoms with Gasteiger partial charge in [0.25, 0.3) is 0 Å². The molecule has 180 valence electrons. The summed E-state index contributed by atoms with van der Waals surface area (Å²) in [7, 11) is -0.547. The van der Waals surface area contributed by atoms with Crippen LogP contribution in [0.15, 0.2) is 30.3 Å². The third kappa shape index (κ3) is 9.85. The summed E-state index contributed by atoms with van der Waals surface area (Å²) >= 11 is 0. The van der Waals surface area contributed by atoms with Crippen molar-refractivity contribution in [2.75, 3.05) is 7.11 Å². The van der Waals surface area contributed by atoms with Crippen molar-refractivity contribution in [2.45, 2.75) is 84.3 Å². The molecule has 0 bridgehead atoms. The van der Waals surface area contributed by atoms with Gasteiger partial charge in [0.2, 0.25) is 5.91 Å². The molecule has 0 saturated carbocycles. The Morgan fingerprint density at radius 3 is 2.09 bits per heavy atom. The molecule has 0 aromatic heterocycles. The van der Waals surface area contributed by atoms with Gasteiger partial charge in [-0.05, 0) is 39.5 Å². The molecule has 0 radical (unpaired) electrons. The number of carbonyl (C=O) groups is 3. The molecule has 0 spiro atoms. The van der Waals surface area contributed by atoms with Crippen molar-refractivity contribution in [1.82, 2.24) is 10.6 Å². The van der Waals surface area contributed by atoms with Gasteiger partial charge in [0.05, 0.1) is 15.2 Å². The van der Waals surface area contributed by atoms with E-state index in [-0.39, 0.29) is 5.92 Å².